The summed E-state index contributed by atoms with van der Waals surface area (Å²) in [6.45, 7) is 1.87. The number of amides is 1. The van der Waals surface area contributed by atoms with Gasteiger partial charge >= 0.3 is 0 Å². The first-order chi connectivity index (χ1) is 11.2. The second-order valence-corrected chi connectivity index (χ2v) is 4.98. The molecule has 0 aliphatic heterocycles. The van der Waals surface area contributed by atoms with Crippen molar-refractivity contribution in [2.24, 2.45) is 0 Å². The number of aryl methyl sites for hydroxylation is 1. The van der Waals surface area contributed by atoms with E-state index >= 15 is 0 Å². The van der Waals surface area contributed by atoms with Crippen LogP contribution in [-0.2, 0) is 0 Å². The summed E-state index contributed by atoms with van der Waals surface area (Å²) in [4.78, 5) is 20.6. The molecular weight excluding hydrogens is 292 g/mol. The standard InChI is InChI=1S/C17H16N4O2/c1-12-4-3-5-16(19-12)20-17(22)15-10-21(11-18-15)13-6-8-14(23-2)9-7-13/h3-11H,1-2H3,(H,19,20,22). The molecule has 0 saturated heterocycles. The molecule has 23 heavy (non-hydrogen) atoms. The molecule has 2 aromatic heterocycles. The van der Waals surface area contributed by atoms with Crippen molar-refractivity contribution >= 4 is 11.7 Å². The fraction of sp³-hybridized carbons (Fsp3) is 0.118. The first-order valence-electron chi connectivity index (χ1n) is 7.09. The molecule has 0 fully saturated rings. The van der Waals surface area contributed by atoms with Gasteiger partial charge in [0.1, 0.15) is 23.6 Å². The maximum absolute atomic E-state index is 12.2. The van der Waals surface area contributed by atoms with E-state index in [9.17, 15) is 4.79 Å². The monoisotopic (exact) mass is 308 g/mol. The van der Waals surface area contributed by atoms with Crippen LogP contribution >= 0.6 is 0 Å². The Kier molecular flexibility index (Phi) is 4.05. The van der Waals surface area contributed by atoms with Crippen LogP contribution < -0.4 is 10.1 Å². The van der Waals surface area contributed by atoms with Crippen molar-refractivity contribution in [1.82, 2.24) is 14.5 Å². The van der Waals surface area contributed by atoms with Gasteiger partial charge in [0, 0.05) is 17.6 Å². The van der Waals surface area contributed by atoms with E-state index in [1.165, 1.54) is 0 Å². The van der Waals surface area contributed by atoms with Crippen LogP contribution in [0.2, 0.25) is 0 Å². The quantitative estimate of drug-likeness (QED) is 0.804. The summed E-state index contributed by atoms with van der Waals surface area (Å²) in [6, 6.07) is 12.9. The van der Waals surface area contributed by atoms with Gasteiger partial charge in [-0.25, -0.2) is 9.97 Å². The van der Waals surface area contributed by atoms with Crippen LogP contribution in [0.5, 0.6) is 5.75 Å². The number of anilines is 1. The topological polar surface area (TPSA) is 69.0 Å². The zero-order valence-electron chi connectivity index (χ0n) is 12.9. The zero-order valence-corrected chi connectivity index (χ0v) is 12.9. The van der Waals surface area contributed by atoms with Gasteiger partial charge in [-0.2, -0.15) is 0 Å². The summed E-state index contributed by atoms with van der Waals surface area (Å²) >= 11 is 0. The molecule has 0 bridgehead atoms. The molecule has 0 spiro atoms. The first kappa shape index (κ1) is 14.8. The van der Waals surface area contributed by atoms with Gasteiger partial charge in [0.15, 0.2) is 0 Å². The third kappa shape index (κ3) is 3.37. The molecule has 1 amide bonds. The van der Waals surface area contributed by atoms with Crippen LogP contribution in [0.3, 0.4) is 0 Å². The largest absolute Gasteiger partial charge is 0.497 e. The lowest BCUT2D eigenvalue weighted by Crippen LogP contribution is -2.13. The van der Waals surface area contributed by atoms with Crippen LogP contribution in [0.25, 0.3) is 5.69 Å². The number of nitrogens with one attached hydrogen (secondary N) is 1. The summed E-state index contributed by atoms with van der Waals surface area (Å²) < 4.78 is 6.90. The number of hydrogen-bond donors (Lipinski definition) is 1. The summed E-state index contributed by atoms with van der Waals surface area (Å²) in [5.41, 5.74) is 2.06. The van der Waals surface area contributed by atoms with E-state index in [0.717, 1.165) is 17.1 Å². The molecule has 6 nitrogen and oxygen atoms in total. The van der Waals surface area contributed by atoms with Crippen LogP contribution in [0, 0.1) is 6.92 Å². The Morgan fingerprint density at radius 1 is 1.17 bits per heavy atom. The Bertz CT molecular complexity index is 825. The number of rotatable bonds is 4. The van der Waals surface area contributed by atoms with E-state index in [0.29, 0.717) is 11.5 Å². The SMILES string of the molecule is COc1ccc(-n2cnc(C(=O)Nc3cccc(C)n3)c2)cc1. The van der Waals surface area contributed by atoms with Crippen molar-refractivity contribution in [3.05, 3.63) is 66.4 Å². The van der Waals surface area contributed by atoms with Gasteiger partial charge in [-0.15, -0.1) is 0 Å². The van der Waals surface area contributed by atoms with Gasteiger partial charge in [-0.1, -0.05) is 6.07 Å². The Labute approximate surface area is 133 Å². The minimum absolute atomic E-state index is 0.296. The lowest BCUT2D eigenvalue weighted by Gasteiger charge is -2.04. The number of nitrogens with zero attached hydrogens (tertiary/aromatic N) is 3. The predicted molar refractivity (Wildman–Crippen MR) is 87.0 cm³/mol. The second kappa shape index (κ2) is 6.31. The summed E-state index contributed by atoms with van der Waals surface area (Å²) in [6.07, 6.45) is 3.27. The molecule has 0 saturated carbocycles. The number of aromatic nitrogens is 3. The van der Waals surface area contributed by atoms with E-state index < -0.39 is 0 Å². The Hall–Kier alpha value is -3.15. The number of carbonyl (C=O) groups excluding carboxylic acids is 1. The maximum Gasteiger partial charge on any atom is 0.277 e. The lowest BCUT2D eigenvalue weighted by atomic mass is 10.3. The molecule has 1 N–H and O–H groups in total. The highest BCUT2D eigenvalue weighted by atomic mass is 16.5. The normalized spacial score (nSPS) is 10.3. The highest BCUT2D eigenvalue weighted by molar-refractivity contribution is 6.02. The highest BCUT2D eigenvalue weighted by Gasteiger charge is 2.11. The van der Waals surface area contributed by atoms with Crippen molar-refractivity contribution in [3.8, 4) is 11.4 Å². The summed E-state index contributed by atoms with van der Waals surface area (Å²) in [7, 11) is 1.62. The Morgan fingerprint density at radius 3 is 2.65 bits per heavy atom. The number of hydrogen-bond acceptors (Lipinski definition) is 4. The molecule has 6 heteroatoms. The Balaban J connectivity index is 1.76. The van der Waals surface area contributed by atoms with Gasteiger partial charge < -0.3 is 14.6 Å². The van der Waals surface area contributed by atoms with Crippen LogP contribution in [0.15, 0.2) is 55.0 Å². The molecular formula is C17H16N4O2. The van der Waals surface area contributed by atoms with E-state index in [1.807, 2.05) is 43.3 Å². The van der Waals surface area contributed by atoms with E-state index in [1.54, 1.807) is 30.3 Å². The second-order valence-electron chi connectivity index (χ2n) is 4.98. The highest BCUT2D eigenvalue weighted by Crippen LogP contribution is 2.15. The first-order valence-corrected chi connectivity index (χ1v) is 7.09. The number of ether oxygens (including phenoxy) is 1. The van der Waals surface area contributed by atoms with Crippen LogP contribution in [0.4, 0.5) is 5.82 Å². The number of pyridine rings is 1. The van der Waals surface area contributed by atoms with Gasteiger partial charge in [-0.05, 0) is 43.3 Å². The van der Waals surface area contributed by atoms with Gasteiger partial charge in [0.05, 0.1) is 7.11 Å². The van der Waals surface area contributed by atoms with Crippen LogP contribution in [0.1, 0.15) is 16.2 Å². The third-order valence-electron chi connectivity index (χ3n) is 3.32. The Morgan fingerprint density at radius 2 is 1.96 bits per heavy atom. The molecule has 0 aliphatic carbocycles. The predicted octanol–water partition coefficient (Wildman–Crippen LogP) is 2.84. The van der Waals surface area contributed by atoms with Crippen molar-refractivity contribution in [2.45, 2.75) is 6.92 Å². The molecule has 3 aromatic rings. The van der Waals surface area contributed by atoms with Gasteiger partial charge in [-0.3, -0.25) is 4.79 Å². The molecule has 0 unspecified atom stereocenters. The minimum atomic E-state index is -0.296. The van der Waals surface area contributed by atoms with Crippen LogP contribution in [-0.4, -0.2) is 27.6 Å². The summed E-state index contributed by atoms with van der Waals surface area (Å²) in [5.74, 6) is 0.988. The zero-order chi connectivity index (χ0) is 16.2. The smallest absolute Gasteiger partial charge is 0.277 e. The van der Waals surface area contributed by atoms with Crippen molar-refractivity contribution in [1.29, 1.82) is 0 Å². The summed E-state index contributed by atoms with van der Waals surface area (Å²) in [5, 5.41) is 2.74. The molecule has 0 atom stereocenters. The maximum atomic E-state index is 12.2. The molecule has 3 rings (SSSR count). The van der Waals surface area contributed by atoms with Gasteiger partial charge in [0.2, 0.25) is 0 Å². The third-order valence-corrected chi connectivity index (χ3v) is 3.32. The number of carbonyl (C=O) groups is 1. The van der Waals surface area contributed by atoms with Crippen molar-refractivity contribution in [3.63, 3.8) is 0 Å². The van der Waals surface area contributed by atoms with Gasteiger partial charge in [0.25, 0.3) is 5.91 Å². The fourth-order valence-corrected chi connectivity index (χ4v) is 2.13. The van der Waals surface area contributed by atoms with E-state index in [2.05, 4.69) is 15.3 Å². The van der Waals surface area contributed by atoms with E-state index in [-0.39, 0.29) is 5.91 Å². The molecule has 2 heterocycles. The average Bonchev–Trinajstić information content (AvgIpc) is 3.05. The van der Waals surface area contributed by atoms with Crippen molar-refractivity contribution < 1.29 is 9.53 Å². The lowest BCUT2D eigenvalue weighted by molar-refractivity contribution is 0.102. The molecule has 0 aliphatic rings. The number of benzene rings is 1. The molecule has 0 radical (unpaired) electrons. The van der Waals surface area contributed by atoms with E-state index in [4.69, 9.17) is 4.74 Å². The van der Waals surface area contributed by atoms with Crippen molar-refractivity contribution in [2.75, 3.05) is 12.4 Å². The number of methoxy groups -OCH3 is 1. The molecule has 116 valence electrons. The average molecular weight is 308 g/mol. The minimum Gasteiger partial charge on any atom is -0.497 e. The number of imidazole rings is 1. The molecule has 1 aromatic carbocycles. The fourth-order valence-electron chi connectivity index (χ4n) is 2.13.